The molecule has 1 unspecified atom stereocenters. The van der Waals surface area contributed by atoms with Gasteiger partial charge < -0.3 is 14.4 Å². The first kappa shape index (κ1) is 19.2. The molecule has 2 aliphatic heterocycles. The quantitative estimate of drug-likeness (QED) is 0.666. The van der Waals surface area contributed by atoms with Gasteiger partial charge in [-0.05, 0) is 49.6 Å². The maximum absolute atomic E-state index is 12.4. The van der Waals surface area contributed by atoms with E-state index in [1.807, 2.05) is 0 Å². The van der Waals surface area contributed by atoms with Crippen molar-refractivity contribution in [3.8, 4) is 0 Å². The summed E-state index contributed by atoms with van der Waals surface area (Å²) in [5, 5.41) is 9.96. The number of hydrogen-bond acceptors (Lipinski definition) is 5. The maximum atomic E-state index is 12.4. The Labute approximate surface area is 168 Å². The zero-order valence-electron chi connectivity index (χ0n) is 16.4. The Kier molecular flexibility index (Phi) is 5.34. The average molecular weight is 392 g/mol. The zero-order valence-corrected chi connectivity index (χ0v) is 16.4. The van der Waals surface area contributed by atoms with Crippen LogP contribution in [0.1, 0.15) is 37.7 Å². The molecule has 0 aliphatic carbocycles. The highest BCUT2D eigenvalue weighted by Gasteiger charge is 2.19. The highest BCUT2D eigenvalue weighted by atomic mass is 16.4. The maximum Gasteiger partial charge on any atom is 0.310 e. The lowest BCUT2D eigenvalue weighted by atomic mass is 9.99. The first-order valence-corrected chi connectivity index (χ1v) is 10.0. The molecule has 0 amide bonds. The minimum absolute atomic E-state index is 0.138. The van der Waals surface area contributed by atoms with E-state index in [2.05, 4.69) is 9.89 Å². The van der Waals surface area contributed by atoms with Crippen molar-refractivity contribution in [2.45, 2.75) is 32.1 Å². The van der Waals surface area contributed by atoms with Crippen molar-refractivity contribution in [2.75, 3.05) is 19.6 Å². The molecule has 6 heteroatoms. The van der Waals surface area contributed by atoms with Gasteiger partial charge in [-0.1, -0.05) is 18.2 Å². The highest BCUT2D eigenvalue weighted by molar-refractivity contribution is 5.90. The molecule has 0 radical (unpaired) electrons. The second kappa shape index (κ2) is 8.07. The predicted molar refractivity (Wildman–Crippen MR) is 114 cm³/mol. The number of aliphatic imine (C=N–C) groups is 1. The minimum Gasteiger partial charge on any atom is -0.481 e. The molecule has 1 N–H and O–H groups in total. The van der Waals surface area contributed by atoms with Gasteiger partial charge in [0.15, 0.2) is 0 Å². The molecule has 1 fully saturated rings. The Morgan fingerprint density at radius 2 is 1.86 bits per heavy atom. The molecule has 0 saturated carbocycles. The van der Waals surface area contributed by atoms with Crippen LogP contribution in [0.5, 0.6) is 0 Å². The molecule has 6 nitrogen and oxygen atoms in total. The van der Waals surface area contributed by atoms with Crippen LogP contribution in [-0.4, -0.2) is 41.4 Å². The molecule has 1 saturated heterocycles. The smallest absolute Gasteiger partial charge is 0.310 e. The van der Waals surface area contributed by atoms with Crippen molar-refractivity contribution in [1.29, 1.82) is 0 Å². The molecule has 2 aliphatic rings. The predicted octanol–water partition coefficient (Wildman–Crippen LogP) is 4.02. The molecule has 3 heterocycles. The van der Waals surface area contributed by atoms with E-state index in [9.17, 15) is 9.59 Å². The minimum atomic E-state index is -0.922. The standard InChI is InChI=1S/C16H12O4.C7H12N2/c1-9(16(18)19)10-6-7-14-12(8-10)15(17)11-4-2-3-5-13(11)20-14;1-3-7-8-4-2-6-9(7)5-1/h2-9H,1H3,(H,18,19);1-6H2. The second-order valence-corrected chi connectivity index (χ2v) is 7.48. The number of carboxylic acid groups (broad SMARTS) is 1. The fourth-order valence-corrected chi connectivity index (χ4v) is 3.84. The largest absolute Gasteiger partial charge is 0.481 e. The number of fused-ring (bicyclic) bond motifs is 3. The molecule has 29 heavy (non-hydrogen) atoms. The fourth-order valence-electron chi connectivity index (χ4n) is 3.84. The topological polar surface area (TPSA) is 83.1 Å². The van der Waals surface area contributed by atoms with E-state index < -0.39 is 11.9 Å². The second-order valence-electron chi connectivity index (χ2n) is 7.48. The van der Waals surface area contributed by atoms with Gasteiger partial charge in [-0.2, -0.15) is 0 Å². The molecule has 1 atom stereocenters. The summed E-state index contributed by atoms with van der Waals surface area (Å²) in [5.74, 6) is -0.207. The number of rotatable bonds is 2. The number of nitrogens with zero attached hydrogens (tertiary/aromatic N) is 2. The summed E-state index contributed by atoms with van der Waals surface area (Å²) in [6.45, 7) is 5.19. The summed E-state index contributed by atoms with van der Waals surface area (Å²) >= 11 is 0. The van der Waals surface area contributed by atoms with Crippen LogP contribution in [0.4, 0.5) is 0 Å². The third-order valence-electron chi connectivity index (χ3n) is 5.54. The lowest BCUT2D eigenvalue weighted by Gasteiger charge is -2.21. The Bertz CT molecular complexity index is 1150. The van der Waals surface area contributed by atoms with Crippen LogP contribution >= 0.6 is 0 Å². The van der Waals surface area contributed by atoms with E-state index in [1.54, 1.807) is 49.4 Å². The summed E-state index contributed by atoms with van der Waals surface area (Å²) in [6, 6.07) is 12.0. The van der Waals surface area contributed by atoms with Crippen LogP contribution in [0.15, 0.2) is 56.7 Å². The number of para-hydroxylation sites is 1. The van der Waals surface area contributed by atoms with Crippen molar-refractivity contribution in [1.82, 2.24) is 4.90 Å². The molecule has 5 rings (SSSR count). The average Bonchev–Trinajstić information content (AvgIpc) is 3.22. The van der Waals surface area contributed by atoms with Gasteiger partial charge in [0.05, 0.1) is 22.5 Å². The molecule has 0 bridgehead atoms. The fraction of sp³-hybridized carbons (Fsp3) is 0.348. The van der Waals surface area contributed by atoms with Crippen LogP contribution in [0.25, 0.3) is 21.9 Å². The summed E-state index contributed by atoms with van der Waals surface area (Å²) in [5.41, 5.74) is 1.45. The zero-order chi connectivity index (χ0) is 20.4. The van der Waals surface area contributed by atoms with E-state index in [0.29, 0.717) is 27.5 Å². The summed E-state index contributed by atoms with van der Waals surface area (Å²) in [7, 11) is 0. The van der Waals surface area contributed by atoms with Crippen LogP contribution in [0.3, 0.4) is 0 Å². The van der Waals surface area contributed by atoms with Crippen molar-refractivity contribution in [3.63, 3.8) is 0 Å². The van der Waals surface area contributed by atoms with Gasteiger partial charge in [0.2, 0.25) is 5.43 Å². The van der Waals surface area contributed by atoms with E-state index in [-0.39, 0.29) is 5.43 Å². The molecule has 0 spiro atoms. The number of benzene rings is 2. The Morgan fingerprint density at radius 1 is 1.10 bits per heavy atom. The van der Waals surface area contributed by atoms with Crippen LogP contribution in [0, 0.1) is 0 Å². The van der Waals surface area contributed by atoms with Gasteiger partial charge in [-0.3, -0.25) is 14.6 Å². The normalized spacial score (nSPS) is 16.7. The molecule has 1 aromatic heterocycles. The van der Waals surface area contributed by atoms with E-state index >= 15 is 0 Å². The van der Waals surface area contributed by atoms with Gasteiger partial charge in [-0.15, -0.1) is 0 Å². The monoisotopic (exact) mass is 392 g/mol. The van der Waals surface area contributed by atoms with Crippen LogP contribution in [0.2, 0.25) is 0 Å². The molecular weight excluding hydrogens is 368 g/mol. The van der Waals surface area contributed by atoms with E-state index in [1.165, 1.54) is 38.2 Å². The third kappa shape index (κ3) is 3.88. The van der Waals surface area contributed by atoms with Crippen molar-refractivity contribution >= 4 is 33.7 Å². The highest BCUT2D eigenvalue weighted by Crippen LogP contribution is 2.23. The lowest BCUT2D eigenvalue weighted by molar-refractivity contribution is -0.138. The molecule has 150 valence electrons. The molecule has 3 aromatic rings. The van der Waals surface area contributed by atoms with E-state index in [0.717, 1.165) is 6.54 Å². The summed E-state index contributed by atoms with van der Waals surface area (Å²) < 4.78 is 5.67. The summed E-state index contributed by atoms with van der Waals surface area (Å²) in [4.78, 5) is 30.3. The van der Waals surface area contributed by atoms with Crippen LogP contribution in [-0.2, 0) is 4.79 Å². The first-order chi connectivity index (χ1) is 14.0. The van der Waals surface area contributed by atoms with Crippen molar-refractivity contribution in [3.05, 3.63) is 58.3 Å². The van der Waals surface area contributed by atoms with Gasteiger partial charge in [-0.25, -0.2) is 0 Å². The molecule has 2 aromatic carbocycles. The Hall–Kier alpha value is -3.15. The SMILES string of the molecule is C1CN=C2CCCN2C1.CC(C(=O)O)c1ccc2oc3ccccc3c(=O)c2c1. The molecular formula is C23H24N2O4. The lowest BCUT2D eigenvalue weighted by Crippen LogP contribution is -2.29. The Balaban J connectivity index is 0.000000188. The summed E-state index contributed by atoms with van der Waals surface area (Å²) in [6.07, 6.45) is 3.84. The Morgan fingerprint density at radius 3 is 2.66 bits per heavy atom. The number of carboxylic acids is 1. The number of carbonyl (C=O) groups is 1. The van der Waals surface area contributed by atoms with Crippen molar-refractivity contribution < 1.29 is 14.3 Å². The first-order valence-electron chi connectivity index (χ1n) is 10.0. The van der Waals surface area contributed by atoms with Crippen LogP contribution < -0.4 is 5.43 Å². The number of amidine groups is 1. The third-order valence-corrected chi connectivity index (χ3v) is 5.54. The van der Waals surface area contributed by atoms with Gasteiger partial charge >= 0.3 is 5.97 Å². The number of hydrogen-bond donors (Lipinski definition) is 1. The van der Waals surface area contributed by atoms with Crippen molar-refractivity contribution in [2.24, 2.45) is 4.99 Å². The van der Waals surface area contributed by atoms with E-state index in [4.69, 9.17) is 9.52 Å². The van der Waals surface area contributed by atoms with Gasteiger partial charge in [0.1, 0.15) is 11.2 Å². The number of aliphatic carboxylic acids is 1. The van der Waals surface area contributed by atoms with Gasteiger partial charge in [0, 0.05) is 26.1 Å². The van der Waals surface area contributed by atoms with Gasteiger partial charge in [0.25, 0.3) is 0 Å².